The van der Waals surface area contributed by atoms with Gasteiger partial charge in [-0.2, -0.15) is 4.99 Å². The molecule has 1 heterocycles. The number of carbonyl (C=O) groups excluding carboxylic acids is 3. The molecule has 9 heteroatoms. The number of hydrogen-bond acceptors (Lipinski definition) is 5. The lowest BCUT2D eigenvalue weighted by Crippen LogP contribution is -2.42. The van der Waals surface area contributed by atoms with Crippen molar-refractivity contribution in [1.29, 1.82) is 0 Å². The maximum atomic E-state index is 14.2. The number of nitrogens with one attached hydrogen (secondary N) is 1. The van der Waals surface area contributed by atoms with Crippen LogP contribution in [-0.2, 0) is 27.4 Å². The molecule has 0 fully saturated rings. The minimum absolute atomic E-state index is 0.0881. The first-order chi connectivity index (χ1) is 25.7. The molecule has 4 aromatic carbocycles. The first kappa shape index (κ1) is 38.7. The number of carbonyl (C=O) groups is 3. The number of halogens is 1. The number of allylic oxidation sites excluding steroid dienone is 5. The van der Waals surface area contributed by atoms with Crippen LogP contribution in [0.5, 0.6) is 5.75 Å². The topological polar surface area (TPSA) is 88.1 Å². The van der Waals surface area contributed by atoms with Gasteiger partial charge in [0, 0.05) is 5.70 Å². The van der Waals surface area contributed by atoms with E-state index in [4.69, 9.17) is 4.74 Å². The second-order valence-corrected chi connectivity index (χ2v) is 13.9. The number of hydrogen-bond donors (Lipinski definition) is 1. The van der Waals surface area contributed by atoms with E-state index in [0.717, 1.165) is 34.0 Å². The van der Waals surface area contributed by atoms with Crippen LogP contribution in [0, 0.1) is 6.92 Å². The van der Waals surface area contributed by atoms with Gasteiger partial charge in [0.1, 0.15) is 17.9 Å². The average molecular weight is 787 g/mol. The molecule has 53 heavy (non-hydrogen) atoms. The number of rotatable bonds is 14. The fraction of sp³-hybridized carbons (Fsp3) is 0.136. The van der Waals surface area contributed by atoms with Gasteiger partial charge < -0.3 is 10.1 Å². The summed E-state index contributed by atoms with van der Waals surface area (Å²) in [6, 6.07) is 30.8. The molecule has 0 unspecified atom stereocenters. The third kappa shape index (κ3) is 10.1. The van der Waals surface area contributed by atoms with E-state index in [1.807, 2.05) is 97.9 Å². The van der Waals surface area contributed by atoms with Crippen LogP contribution in [0.25, 0.3) is 6.08 Å². The molecule has 1 aliphatic heterocycles. The molecular formula is C44H40BrN3O4S. The third-order valence-corrected chi connectivity index (χ3v) is 9.76. The highest BCUT2D eigenvalue weighted by Gasteiger charge is 2.35. The highest BCUT2D eigenvalue weighted by atomic mass is 79.9. The predicted molar refractivity (Wildman–Crippen MR) is 219 cm³/mol. The summed E-state index contributed by atoms with van der Waals surface area (Å²) in [5.74, 6) is -0.996. The fourth-order valence-corrected chi connectivity index (χ4v) is 7.07. The summed E-state index contributed by atoms with van der Waals surface area (Å²) in [7, 11) is 0. The van der Waals surface area contributed by atoms with E-state index in [-0.39, 0.29) is 28.4 Å². The number of aliphatic imine (C=N–C) groups is 1. The summed E-state index contributed by atoms with van der Waals surface area (Å²) < 4.78 is 6.90. The molecule has 268 valence electrons. The summed E-state index contributed by atoms with van der Waals surface area (Å²) in [5, 5.41) is 3.21. The van der Waals surface area contributed by atoms with E-state index in [0.29, 0.717) is 34.5 Å². The summed E-state index contributed by atoms with van der Waals surface area (Å²) in [6.07, 6.45) is 10.5. The minimum atomic E-state index is -0.704. The standard InChI is InChI=1S/C44H40BrN3O4S/c1-5-8-20-36(7-3)48-43(51)37(26-32-25-35(15-6-2)41(38(45)27-32)52-28-31-23-21-30(4)22-24-31)42(50)47-44(48)53-29-39(49)46-40(33-16-11-9-12-17-33)34-18-13-10-14-19-34/h5-14,16-27,40H,1-2,15,28-29H2,3-4H3,(H,46,49)/b20-8-,36-7+,37-26+. The Hall–Kier alpha value is -5.51. The average Bonchev–Trinajstić information content (AvgIpc) is 3.16. The zero-order chi connectivity index (χ0) is 37.7. The molecule has 1 aliphatic rings. The quantitative estimate of drug-likeness (QED) is 0.0596. The molecule has 3 amide bonds. The Balaban J connectivity index is 1.42. The first-order valence-electron chi connectivity index (χ1n) is 17.0. The van der Waals surface area contributed by atoms with Crippen LogP contribution in [0.15, 0.2) is 161 Å². The normalized spacial score (nSPS) is 14.1. The molecule has 0 radical (unpaired) electrons. The van der Waals surface area contributed by atoms with Crippen molar-refractivity contribution in [3.63, 3.8) is 0 Å². The molecule has 0 aliphatic carbocycles. The van der Waals surface area contributed by atoms with Crippen LogP contribution in [0.4, 0.5) is 0 Å². The number of amides is 3. The molecule has 0 saturated heterocycles. The van der Waals surface area contributed by atoms with E-state index < -0.39 is 11.8 Å². The van der Waals surface area contributed by atoms with E-state index in [9.17, 15) is 14.4 Å². The molecule has 0 atom stereocenters. The highest BCUT2D eigenvalue weighted by Crippen LogP contribution is 2.34. The zero-order valence-electron chi connectivity index (χ0n) is 29.6. The Kier molecular flexibility index (Phi) is 13.7. The predicted octanol–water partition coefficient (Wildman–Crippen LogP) is 9.46. The van der Waals surface area contributed by atoms with Crippen LogP contribution in [0.2, 0.25) is 0 Å². The van der Waals surface area contributed by atoms with E-state index in [1.54, 1.807) is 43.4 Å². The van der Waals surface area contributed by atoms with E-state index >= 15 is 0 Å². The van der Waals surface area contributed by atoms with E-state index in [1.165, 1.54) is 16.5 Å². The van der Waals surface area contributed by atoms with Crippen molar-refractivity contribution >= 4 is 56.7 Å². The van der Waals surface area contributed by atoms with Gasteiger partial charge in [0.2, 0.25) is 5.91 Å². The summed E-state index contributed by atoms with van der Waals surface area (Å²) in [5.41, 5.74) is 5.83. The lowest BCUT2D eigenvalue weighted by molar-refractivity contribution is -0.126. The number of ether oxygens (including phenoxy) is 1. The summed E-state index contributed by atoms with van der Waals surface area (Å²) in [6.45, 7) is 11.8. The summed E-state index contributed by atoms with van der Waals surface area (Å²) in [4.78, 5) is 47.0. The van der Waals surface area contributed by atoms with Crippen LogP contribution < -0.4 is 10.1 Å². The van der Waals surface area contributed by atoms with Crippen molar-refractivity contribution in [2.24, 2.45) is 4.99 Å². The molecule has 0 spiro atoms. The van der Waals surface area contributed by atoms with Crippen molar-refractivity contribution in [3.8, 4) is 5.75 Å². The fourth-order valence-electron chi connectivity index (χ4n) is 5.63. The van der Waals surface area contributed by atoms with Crippen molar-refractivity contribution in [1.82, 2.24) is 10.2 Å². The number of aryl methyl sites for hydroxylation is 1. The Labute approximate surface area is 323 Å². The van der Waals surface area contributed by atoms with Crippen molar-refractivity contribution in [3.05, 3.63) is 190 Å². The van der Waals surface area contributed by atoms with Gasteiger partial charge in [0.15, 0.2) is 5.17 Å². The van der Waals surface area contributed by atoms with Gasteiger partial charge in [-0.3, -0.25) is 19.3 Å². The van der Waals surface area contributed by atoms with Crippen LogP contribution in [-0.4, -0.2) is 33.5 Å². The maximum absolute atomic E-state index is 14.2. The molecule has 0 saturated carbocycles. The van der Waals surface area contributed by atoms with Crippen molar-refractivity contribution < 1.29 is 19.1 Å². The van der Waals surface area contributed by atoms with Gasteiger partial charge in [-0.1, -0.05) is 133 Å². The second kappa shape index (κ2) is 18.8. The van der Waals surface area contributed by atoms with Gasteiger partial charge in [-0.25, -0.2) is 0 Å². The number of amidine groups is 1. The molecule has 0 aromatic heterocycles. The Morgan fingerprint density at radius 3 is 2.25 bits per heavy atom. The zero-order valence-corrected chi connectivity index (χ0v) is 32.0. The van der Waals surface area contributed by atoms with Gasteiger partial charge in [0.05, 0.1) is 16.3 Å². The SMILES string of the molecule is C=C/C=C\C(=C/C)N1C(=O)/C(=C/c2cc(Br)c(OCc3ccc(C)cc3)c(CC=C)c2)C(=O)N=C1SCC(=O)NC(c1ccccc1)c1ccccc1. The second-order valence-electron chi connectivity index (χ2n) is 12.1. The van der Waals surface area contributed by atoms with Crippen LogP contribution in [0.3, 0.4) is 0 Å². The molecule has 1 N–H and O–H groups in total. The lowest BCUT2D eigenvalue weighted by Gasteiger charge is -2.28. The minimum Gasteiger partial charge on any atom is -0.487 e. The lowest BCUT2D eigenvalue weighted by atomic mass is 9.99. The molecule has 0 bridgehead atoms. The largest absolute Gasteiger partial charge is 0.487 e. The Morgan fingerprint density at radius 2 is 1.64 bits per heavy atom. The van der Waals surface area contributed by atoms with Gasteiger partial charge in [-0.15, -0.1) is 6.58 Å². The van der Waals surface area contributed by atoms with Crippen molar-refractivity contribution in [2.45, 2.75) is 32.9 Å². The molecule has 4 aromatic rings. The monoisotopic (exact) mass is 785 g/mol. The third-order valence-electron chi connectivity index (χ3n) is 8.23. The smallest absolute Gasteiger partial charge is 0.285 e. The summed E-state index contributed by atoms with van der Waals surface area (Å²) >= 11 is 4.66. The number of benzene rings is 4. The van der Waals surface area contributed by atoms with E-state index in [2.05, 4.69) is 39.4 Å². The first-order valence-corrected chi connectivity index (χ1v) is 18.8. The van der Waals surface area contributed by atoms with Gasteiger partial charge >= 0.3 is 0 Å². The van der Waals surface area contributed by atoms with Crippen molar-refractivity contribution in [2.75, 3.05) is 5.75 Å². The van der Waals surface area contributed by atoms with Crippen LogP contribution >= 0.6 is 27.7 Å². The number of nitrogens with zero attached hydrogens (tertiary/aromatic N) is 2. The van der Waals surface area contributed by atoms with Crippen LogP contribution in [0.1, 0.15) is 46.3 Å². The van der Waals surface area contributed by atoms with Gasteiger partial charge in [0.25, 0.3) is 11.8 Å². The molecule has 5 rings (SSSR count). The Bertz CT molecular complexity index is 2070. The Morgan fingerprint density at radius 1 is 0.981 bits per heavy atom. The highest BCUT2D eigenvalue weighted by molar-refractivity contribution is 9.10. The molecule has 7 nitrogen and oxygen atoms in total. The maximum Gasteiger partial charge on any atom is 0.285 e. The van der Waals surface area contributed by atoms with Gasteiger partial charge in [-0.05, 0) is 88.3 Å². The number of thioether (sulfide) groups is 1. The molecular weight excluding hydrogens is 746 g/mol.